The van der Waals surface area contributed by atoms with Crippen molar-refractivity contribution in [2.45, 2.75) is 32.6 Å². The van der Waals surface area contributed by atoms with Crippen molar-refractivity contribution in [2.75, 3.05) is 5.43 Å². The zero-order valence-electron chi connectivity index (χ0n) is 13.4. The molecule has 5 nitrogen and oxygen atoms in total. The Balaban J connectivity index is 1.68. The molecule has 0 bridgehead atoms. The number of phenols is 1. The highest BCUT2D eigenvalue weighted by atomic mass is 32.1. The molecule has 4 rings (SSSR count). The summed E-state index contributed by atoms with van der Waals surface area (Å²) in [5.41, 5.74) is 5.39. The van der Waals surface area contributed by atoms with Crippen LogP contribution in [0.5, 0.6) is 5.75 Å². The lowest BCUT2D eigenvalue weighted by atomic mass is 9.97. The number of rotatable bonds is 3. The minimum absolute atomic E-state index is 0.248. The van der Waals surface area contributed by atoms with E-state index in [0.717, 1.165) is 40.3 Å². The topological polar surface area (TPSA) is 70.4 Å². The van der Waals surface area contributed by atoms with Gasteiger partial charge in [-0.05, 0) is 68.0 Å². The fraction of sp³-hybridized carbons (Fsp3) is 0.278. The molecule has 2 N–H and O–H groups in total. The molecule has 2 aromatic heterocycles. The van der Waals surface area contributed by atoms with E-state index in [9.17, 15) is 5.11 Å². The Bertz CT molecular complexity index is 915. The van der Waals surface area contributed by atoms with Crippen LogP contribution >= 0.6 is 11.3 Å². The lowest BCUT2D eigenvalue weighted by Gasteiger charge is -2.11. The lowest BCUT2D eigenvalue weighted by molar-refractivity contribution is 0.475. The molecule has 1 aliphatic rings. The number of phenolic OH excluding ortho intramolecular Hbond substituents is 1. The number of hydrogen-bond donors (Lipinski definition) is 2. The molecule has 0 saturated carbocycles. The Morgan fingerprint density at radius 3 is 2.79 bits per heavy atom. The Labute approximate surface area is 144 Å². The molecule has 0 atom stereocenters. The number of benzene rings is 1. The molecule has 0 radical (unpaired) electrons. The summed E-state index contributed by atoms with van der Waals surface area (Å²) in [6.45, 7) is 1.91. The van der Waals surface area contributed by atoms with Crippen molar-refractivity contribution in [3.63, 3.8) is 0 Å². The van der Waals surface area contributed by atoms with Crippen LogP contribution in [-0.2, 0) is 12.8 Å². The van der Waals surface area contributed by atoms with Crippen molar-refractivity contribution in [3.05, 3.63) is 46.1 Å². The maximum atomic E-state index is 9.32. The number of thiophene rings is 1. The maximum absolute atomic E-state index is 9.32. The van der Waals surface area contributed by atoms with Crippen LogP contribution in [0.25, 0.3) is 10.2 Å². The number of aromatic nitrogens is 2. The molecule has 122 valence electrons. The number of aryl methyl sites for hydroxylation is 3. The number of hydrogen-bond acceptors (Lipinski definition) is 6. The highest BCUT2D eigenvalue weighted by molar-refractivity contribution is 7.19. The first-order chi connectivity index (χ1) is 11.7. The zero-order chi connectivity index (χ0) is 16.5. The molecule has 1 aliphatic carbocycles. The van der Waals surface area contributed by atoms with Crippen molar-refractivity contribution in [2.24, 2.45) is 5.10 Å². The van der Waals surface area contributed by atoms with Crippen LogP contribution in [0.15, 0.2) is 29.4 Å². The van der Waals surface area contributed by atoms with E-state index in [4.69, 9.17) is 0 Å². The quantitative estimate of drug-likeness (QED) is 0.559. The molecule has 0 unspecified atom stereocenters. The average Bonchev–Trinajstić information content (AvgIpc) is 2.94. The van der Waals surface area contributed by atoms with Gasteiger partial charge >= 0.3 is 0 Å². The second-order valence-electron chi connectivity index (χ2n) is 5.97. The van der Waals surface area contributed by atoms with Crippen LogP contribution in [0.1, 0.15) is 34.7 Å². The molecule has 1 aromatic carbocycles. The Kier molecular flexibility index (Phi) is 3.90. The molecule has 6 heteroatoms. The van der Waals surface area contributed by atoms with Gasteiger partial charge in [0.15, 0.2) is 5.82 Å². The zero-order valence-corrected chi connectivity index (χ0v) is 14.2. The molecule has 0 aliphatic heterocycles. The van der Waals surface area contributed by atoms with E-state index in [-0.39, 0.29) is 5.75 Å². The summed E-state index contributed by atoms with van der Waals surface area (Å²) in [4.78, 5) is 11.7. The van der Waals surface area contributed by atoms with Gasteiger partial charge in [0.2, 0.25) is 0 Å². The molecular formula is C18H18N4OS. The highest BCUT2D eigenvalue weighted by Gasteiger charge is 2.20. The standard InChI is InChI=1S/C18H18N4OS/c1-11-20-17(22-19-10-12-6-8-13(23)9-7-12)16-14-4-2-3-5-15(14)24-18(16)21-11/h6-10,23H,2-5H2,1H3,(H,20,21,22)/b19-10+. The first-order valence-electron chi connectivity index (χ1n) is 8.08. The van der Waals surface area contributed by atoms with Gasteiger partial charge in [0, 0.05) is 4.88 Å². The van der Waals surface area contributed by atoms with E-state index in [1.54, 1.807) is 29.7 Å². The fourth-order valence-electron chi connectivity index (χ4n) is 3.07. The molecule has 3 aromatic rings. The minimum atomic E-state index is 0.248. The van der Waals surface area contributed by atoms with Gasteiger partial charge in [-0.15, -0.1) is 11.3 Å². The highest BCUT2D eigenvalue weighted by Crippen LogP contribution is 2.38. The number of anilines is 1. The lowest BCUT2D eigenvalue weighted by Crippen LogP contribution is -2.02. The van der Waals surface area contributed by atoms with Crippen molar-refractivity contribution in [1.29, 1.82) is 0 Å². The van der Waals surface area contributed by atoms with Gasteiger partial charge in [-0.3, -0.25) is 5.43 Å². The smallest absolute Gasteiger partial charge is 0.158 e. The van der Waals surface area contributed by atoms with E-state index in [2.05, 4.69) is 20.5 Å². The average molecular weight is 338 g/mol. The van der Waals surface area contributed by atoms with Gasteiger partial charge in [0.1, 0.15) is 16.4 Å². The molecular weight excluding hydrogens is 320 g/mol. The second kappa shape index (κ2) is 6.20. The molecule has 0 fully saturated rings. The largest absolute Gasteiger partial charge is 0.508 e. The summed E-state index contributed by atoms with van der Waals surface area (Å²) in [5, 5.41) is 14.8. The Morgan fingerprint density at radius 1 is 1.17 bits per heavy atom. The summed E-state index contributed by atoms with van der Waals surface area (Å²) in [6.07, 6.45) is 6.45. The third kappa shape index (κ3) is 2.85. The van der Waals surface area contributed by atoms with Crippen LogP contribution in [0.2, 0.25) is 0 Å². The van der Waals surface area contributed by atoms with Gasteiger partial charge in [-0.25, -0.2) is 9.97 Å². The number of hydrazone groups is 1. The van der Waals surface area contributed by atoms with Crippen LogP contribution < -0.4 is 5.43 Å². The van der Waals surface area contributed by atoms with Crippen molar-refractivity contribution < 1.29 is 5.11 Å². The summed E-state index contributed by atoms with van der Waals surface area (Å²) in [5.74, 6) is 1.79. The predicted molar refractivity (Wildman–Crippen MR) is 98.1 cm³/mol. The summed E-state index contributed by atoms with van der Waals surface area (Å²) >= 11 is 1.79. The van der Waals surface area contributed by atoms with Gasteiger partial charge in [0.25, 0.3) is 0 Å². The van der Waals surface area contributed by atoms with Crippen LogP contribution in [0.3, 0.4) is 0 Å². The summed E-state index contributed by atoms with van der Waals surface area (Å²) < 4.78 is 0. The van der Waals surface area contributed by atoms with Crippen molar-refractivity contribution >= 4 is 33.6 Å². The molecule has 0 spiro atoms. The van der Waals surface area contributed by atoms with Crippen molar-refractivity contribution in [3.8, 4) is 5.75 Å². The number of nitrogens with one attached hydrogen (secondary N) is 1. The number of fused-ring (bicyclic) bond motifs is 3. The van der Waals surface area contributed by atoms with Crippen LogP contribution in [0.4, 0.5) is 5.82 Å². The second-order valence-corrected chi connectivity index (χ2v) is 7.06. The van der Waals surface area contributed by atoms with E-state index in [0.29, 0.717) is 0 Å². The molecule has 0 amide bonds. The van der Waals surface area contributed by atoms with E-state index in [1.807, 2.05) is 19.1 Å². The van der Waals surface area contributed by atoms with E-state index < -0.39 is 0 Å². The molecule has 2 heterocycles. The Hall–Kier alpha value is -2.47. The van der Waals surface area contributed by atoms with Gasteiger partial charge in [0.05, 0.1) is 11.6 Å². The number of nitrogens with zero attached hydrogens (tertiary/aromatic N) is 3. The maximum Gasteiger partial charge on any atom is 0.158 e. The normalized spacial score (nSPS) is 14.2. The van der Waals surface area contributed by atoms with Gasteiger partial charge in [-0.2, -0.15) is 5.10 Å². The van der Waals surface area contributed by atoms with Crippen LogP contribution in [-0.4, -0.2) is 21.3 Å². The SMILES string of the molecule is Cc1nc(N/N=C/c2ccc(O)cc2)c2c3c(sc2n1)CCCC3. The third-order valence-electron chi connectivity index (χ3n) is 4.20. The predicted octanol–water partition coefficient (Wildman–Crippen LogP) is 4.03. The minimum Gasteiger partial charge on any atom is -0.508 e. The first kappa shape index (κ1) is 15.1. The third-order valence-corrected chi connectivity index (χ3v) is 5.39. The monoisotopic (exact) mass is 338 g/mol. The Morgan fingerprint density at radius 2 is 1.96 bits per heavy atom. The van der Waals surface area contributed by atoms with Gasteiger partial charge in [-0.1, -0.05) is 0 Å². The summed E-state index contributed by atoms with van der Waals surface area (Å²) in [7, 11) is 0. The molecule has 0 saturated heterocycles. The van der Waals surface area contributed by atoms with E-state index >= 15 is 0 Å². The summed E-state index contributed by atoms with van der Waals surface area (Å²) in [6, 6.07) is 6.91. The van der Waals surface area contributed by atoms with Gasteiger partial charge < -0.3 is 5.11 Å². The first-order valence-corrected chi connectivity index (χ1v) is 8.89. The van der Waals surface area contributed by atoms with E-state index in [1.165, 1.54) is 23.3 Å². The van der Waals surface area contributed by atoms with Crippen molar-refractivity contribution in [1.82, 2.24) is 9.97 Å². The molecule has 24 heavy (non-hydrogen) atoms. The van der Waals surface area contributed by atoms with Crippen LogP contribution in [0, 0.1) is 6.92 Å². The fourth-order valence-corrected chi connectivity index (χ4v) is 4.38. The number of aromatic hydroxyl groups is 1.